The Hall–Kier alpha value is 0. The van der Waals surface area contributed by atoms with Crippen molar-refractivity contribution >= 4 is 0 Å². The van der Waals surface area contributed by atoms with Crippen molar-refractivity contribution in [2.24, 2.45) is 65.1 Å². The van der Waals surface area contributed by atoms with E-state index < -0.39 is 0 Å². The highest BCUT2D eigenvalue weighted by molar-refractivity contribution is 5.13. The molecular formula is C27H48. The summed E-state index contributed by atoms with van der Waals surface area (Å²) >= 11 is 0. The Bertz CT molecular complexity index is 480. The zero-order chi connectivity index (χ0) is 19.1. The lowest BCUT2D eigenvalue weighted by molar-refractivity contribution is 0.310. The van der Waals surface area contributed by atoms with E-state index in [2.05, 4.69) is 34.6 Å². The van der Waals surface area contributed by atoms with Crippen LogP contribution in [0.25, 0.3) is 0 Å². The molecule has 11 atom stereocenters. The molecule has 4 fully saturated rings. The van der Waals surface area contributed by atoms with Gasteiger partial charge in [0.2, 0.25) is 0 Å². The summed E-state index contributed by atoms with van der Waals surface area (Å²) in [7, 11) is 0. The van der Waals surface area contributed by atoms with E-state index in [0.29, 0.717) is 0 Å². The van der Waals surface area contributed by atoms with Crippen molar-refractivity contribution in [1.29, 1.82) is 0 Å². The van der Waals surface area contributed by atoms with Gasteiger partial charge in [-0.15, -0.1) is 0 Å². The van der Waals surface area contributed by atoms with Gasteiger partial charge in [0, 0.05) is 0 Å². The Morgan fingerprint density at radius 3 is 2.11 bits per heavy atom. The monoisotopic (exact) mass is 372 g/mol. The topological polar surface area (TPSA) is 0 Å². The Kier molecular flexibility index (Phi) is 6.30. The third kappa shape index (κ3) is 4.61. The van der Waals surface area contributed by atoms with Crippen LogP contribution in [-0.2, 0) is 0 Å². The van der Waals surface area contributed by atoms with Crippen molar-refractivity contribution in [3.05, 3.63) is 0 Å². The third-order valence-corrected chi connectivity index (χ3v) is 9.63. The van der Waals surface area contributed by atoms with Gasteiger partial charge in [0.05, 0.1) is 0 Å². The molecule has 4 aliphatic rings. The van der Waals surface area contributed by atoms with Crippen molar-refractivity contribution in [1.82, 2.24) is 0 Å². The highest BCUT2D eigenvalue weighted by Gasteiger charge is 2.65. The second-order valence-corrected chi connectivity index (χ2v) is 11.7. The van der Waals surface area contributed by atoms with E-state index in [-0.39, 0.29) is 0 Å². The number of rotatable bonds is 13. The molecule has 0 saturated heterocycles. The first kappa shape index (κ1) is 20.3. The number of hydrogen-bond acceptors (Lipinski definition) is 0. The van der Waals surface area contributed by atoms with Crippen LogP contribution in [0.4, 0.5) is 0 Å². The maximum atomic E-state index is 2.58. The van der Waals surface area contributed by atoms with Gasteiger partial charge < -0.3 is 0 Å². The van der Waals surface area contributed by atoms with Gasteiger partial charge in [-0.25, -0.2) is 0 Å². The maximum absolute atomic E-state index is 2.58. The van der Waals surface area contributed by atoms with E-state index in [1.54, 1.807) is 32.1 Å². The summed E-state index contributed by atoms with van der Waals surface area (Å²) < 4.78 is 0. The molecule has 11 unspecified atom stereocenters. The SMILES string of the molecule is CCCCCC(C1CC1C)C1C(CC2CC2C)C1C1CC1C(C)CCCC. The predicted octanol–water partition coefficient (Wildman–Crippen LogP) is 8.21. The standard InChI is InChI=1S/C27H48/c1-6-8-10-12-21(22-14-19(22)5)26-25(15-20-13-18(20)4)27(26)24-16-23(24)17(3)11-9-7-2/h17-27H,6-16H2,1-5H3. The fraction of sp³-hybridized carbons (Fsp3) is 1.00. The van der Waals surface area contributed by atoms with Gasteiger partial charge in [-0.1, -0.05) is 73.1 Å². The molecule has 0 bridgehead atoms. The van der Waals surface area contributed by atoms with Gasteiger partial charge in [0.1, 0.15) is 0 Å². The lowest BCUT2D eigenvalue weighted by Crippen LogP contribution is -2.11. The quantitative estimate of drug-likeness (QED) is 0.286. The van der Waals surface area contributed by atoms with E-state index in [9.17, 15) is 0 Å². The summed E-state index contributed by atoms with van der Waals surface area (Å²) in [6.45, 7) is 12.4. The van der Waals surface area contributed by atoms with Gasteiger partial charge in [-0.05, 0) is 97.2 Å². The first-order chi connectivity index (χ1) is 13.1. The van der Waals surface area contributed by atoms with Crippen LogP contribution in [0.3, 0.4) is 0 Å². The van der Waals surface area contributed by atoms with E-state index in [0.717, 1.165) is 65.1 Å². The summed E-state index contributed by atoms with van der Waals surface area (Å²) in [6.07, 6.45) is 16.6. The fourth-order valence-electron chi connectivity index (χ4n) is 7.37. The van der Waals surface area contributed by atoms with Crippen molar-refractivity contribution in [2.75, 3.05) is 0 Å². The molecule has 27 heavy (non-hydrogen) atoms. The zero-order valence-electron chi connectivity index (χ0n) is 19.1. The normalized spacial score (nSPS) is 46.8. The van der Waals surface area contributed by atoms with Gasteiger partial charge in [0.25, 0.3) is 0 Å². The molecule has 0 amide bonds. The van der Waals surface area contributed by atoms with Gasteiger partial charge in [0.15, 0.2) is 0 Å². The molecule has 0 nitrogen and oxygen atoms in total. The summed E-state index contributed by atoms with van der Waals surface area (Å²) in [5.41, 5.74) is 0. The first-order valence-electron chi connectivity index (χ1n) is 13.1. The zero-order valence-corrected chi connectivity index (χ0v) is 19.1. The molecule has 0 aromatic heterocycles. The third-order valence-electron chi connectivity index (χ3n) is 9.63. The molecule has 0 aliphatic heterocycles. The van der Waals surface area contributed by atoms with Crippen molar-refractivity contribution < 1.29 is 0 Å². The minimum absolute atomic E-state index is 1.01. The number of unbranched alkanes of at least 4 members (excludes halogenated alkanes) is 3. The minimum atomic E-state index is 1.01. The lowest BCUT2D eigenvalue weighted by Gasteiger charge is -2.18. The Labute approximate surface area is 170 Å². The van der Waals surface area contributed by atoms with Crippen LogP contribution in [0.5, 0.6) is 0 Å². The summed E-state index contributed by atoms with van der Waals surface area (Å²) in [5.74, 6) is 12.2. The smallest absolute Gasteiger partial charge is 0.0318 e. The van der Waals surface area contributed by atoms with Crippen LogP contribution < -0.4 is 0 Å². The summed E-state index contributed by atoms with van der Waals surface area (Å²) in [4.78, 5) is 0. The molecule has 0 N–H and O–H groups in total. The largest absolute Gasteiger partial charge is 0.0654 e. The highest BCUT2D eigenvalue weighted by Crippen LogP contribution is 2.71. The fourth-order valence-corrected chi connectivity index (χ4v) is 7.37. The average molecular weight is 373 g/mol. The molecule has 0 aromatic carbocycles. The van der Waals surface area contributed by atoms with E-state index in [4.69, 9.17) is 0 Å². The van der Waals surface area contributed by atoms with Gasteiger partial charge in [-0.2, -0.15) is 0 Å². The molecule has 0 heterocycles. The molecule has 4 rings (SSSR count). The van der Waals surface area contributed by atoms with Crippen LogP contribution in [0.1, 0.15) is 105 Å². The molecular weight excluding hydrogens is 324 g/mol. The number of hydrogen-bond donors (Lipinski definition) is 0. The predicted molar refractivity (Wildman–Crippen MR) is 118 cm³/mol. The second kappa shape index (κ2) is 8.39. The van der Waals surface area contributed by atoms with E-state index >= 15 is 0 Å². The van der Waals surface area contributed by atoms with Crippen LogP contribution in [0, 0.1) is 65.1 Å². The lowest BCUT2D eigenvalue weighted by atomic mass is 9.87. The van der Waals surface area contributed by atoms with Crippen molar-refractivity contribution in [3.8, 4) is 0 Å². The average Bonchev–Trinajstić information content (AvgIpc) is 3.46. The Morgan fingerprint density at radius 1 is 0.815 bits per heavy atom. The van der Waals surface area contributed by atoms with Gasteiger partial charge in [-0.3, -0.25) is 0 Å². The molecule has 0 aromatic rings. The molecule has 4 saturated carbocycles. The molecule has 4 aliphatic carbocycles. The Morgan fingerprint density at radius 2 is 1.52 bits per heavy atom. The van der Waals surface area contributed by atoms with Crippen LogP contribution >= 0.6 is 0 Å². The first-order valence-corrected chi connectivity index (χ1v) is 13.1. The Balaban J connectivity index is 1.38. The molecule has 0 heteroatoms. The maximum Gasteiger partial charge on any atom is -0.0318 e. The second-order valence-electron chi connectivity index (χ2n) is 11.7. The molecule has 0 spiro atoms. The van der Waals surface area contributed by atoms with Gasteiger partial charge >= 0.3 is 0 Å². The molecule has 156 valence electrons. The van der Waals surface area contributed by atoms with E-state index in [1.807, 2.05) is 0 Å². The van der Waals surface area contributed by atoms with Crippen LogP contribution in [0.15, 0.2) is 0 Å². The minimum Gasteiger partial charge on any atom is -0.0654 e. The van der Waals surface area contributed by atoms with Crippen molar-refractivity contribution in [2.45, 2.75) is 105 Å². The van der Waals surface area contributed by atoms with E-state index in [1.165, 1.54) is 38.5 Å². The van der Waals surface area contributed by atoms with Crippen LogP contribution in [-0.4, -0.2) is 0 Å². The van der Waals surface area contributed by atoms with Crippen molar-refractivity contribution in [3.63, 3.8) is 0 Å². The van der Waals surface area contributed by atoms with Crippen LogP contribution in [0.2, 0.25) is 0 Å². The summed E-state index contributed by atoms with van der Waals surface area (Å²) in [6, 6.07) is 0. The highest BCUT2D eigenvalue weighted by atomic mass is 14.7. The summed E-state index contributed by atoms with van der Waals surface area (Å²) in [5, 5.41) is 0. The molecule has 0 radical (unpaired) electrons.